The molecule has 0 aliphatic carbocycles. The minimum absolute atomic E-state index is 0.0764. The zero-order valence-corrected chi connectivity index (χ0v) is 22.7. The molecule has 10 heteroatoms. The first-order chi connectivity index (χ1) is 18.3. The van der Waals surface area contributed by atoms with Gasteiger partial charge in [0.05, 0.1) is 45.6 Å². The van der Waals surface area contributed by atoms with Gasteiger partial charge in [-0.15, -0.1) is 0 Å². The van der Waals surface area contributed by atoms with Crippen molar-refractivity contribution in [2.24, 2.45) is 0 Å². The van der Waals surface area contributed by atoms with Crippen LogP contribution in [0.3, 0.4) is 0 Å². The number of thiazole rings is 1. The standard InChI is InChI=1S/C28H22Cl2N2O5S/c1-3-12-37-17-7-4-15(5-8-17)25(33)23-24(16-6-10-19(29)20(30)13-16)32(27(35)26(23)34)28-31-21-11-9-18(36-2)14-22(21)38-28/h4-11,13-14,24,33H,3,12H2,1-2H3. The summed E-state index contributed by atoms with van der Waals surface area (Å²) < 4.78 is 11.7. The predicted molar refractivity (Wildman–Crippen MR) is 150 cm³/mol. The Morgan fingerprint density at radius 1 is 1.03 bits per heavy atom. The monoisotopic (exact) mass is 568 g/mol. The van der Waals surface area contributed by atoms with E-state index in [2.05, 4.69) is 4.98 Å². The lowest BCUT2D eigenvalue weighted by Gasteiger charge is -2.23. The molecule has 38 heavy (non-hydrogen) atoms. The minimum atomic E-state index is -0.983. The van der Waals surface area contributed by atoms with Crippen molar-refractivity contribution in [3.8, 4) is 11.5 Å². The third kappa shape index (κ3) is 4.71. The number of amides is 1. The van der Waals surface area contributed by atoms with Crippen molar-refractivity contribution in [3.63, 3.8) is 0 Å². The number of aliphatic hydroxyl groups excluding tert-OH is 1. The van der Waals surface area contributed by atoms with Crippen molar-refractivity contribution >= 4 is 67.3 Å². The van der Waals surface area contributed by atoms with Gasteiger partial charge in [-0.25, -0.2) is 4.98 Å². The van der Waals surface area contributed by atoms with Crippen LogP contribution in [0.1, 0.15) is 30.5 Å². The Balaban J connectivity index is 1.66. The molecule has 194 valence electrons. The van der Waals surface area contributed by atoms with Gasteiger partial charge in [-0.05, 0) is 66.6 Å². The van der Waals surface area contributed by atoms with Crippen molar-refractivity contribution < 1.29 is 24.2 Å². The lowest BCUT2D eigenvalue weighted by Crippen LogP contribution is -2.29. The summed E-state index contributed by atoms with van der Waals surface area (Å²) in [7, 11) is 1.56. The number of fused-ring (bicyclic) bond motifs is 1. The summed E-state index contributed by atoms with van der Waals surface area (Å²) in [6.07, 6.45) is 0.855. The maximum atomic E-state index is 13.5. The van der Waals surface area contributed by atoms with Gasteiger partial charge in [0.1, 0.15) is 17.3 Å². The fourth-order valence-corrected chi connectivity index (χ4v) is 5.56. The molecule has 1 aromatic heterocycles. The average molecular weight is 569 g/mol. The zero-order chi connectivity index (χ0) is 27.0. The molecule has 7 nitrogen and oxygen atoms in total. The number of ketones is 1. The van der Waals surface area contributed by atoms with Crippen LogP contribution in [0.2, 0.25) is 10.0 Å². The molecule has 0 saturated carbocycles. The molecule has 1 unspecified atom stereocenters. The second-order valence-corrected chi connectivity index (χ2v) is 10.4. The number of carbonyl (C=O) groups excluding carboxylic acids is 2. The quantitative estimate of drug-likeness (QED) is 0.146. The molecule has 3 aromatic carbocycles. The van der Waals surface area contributed by atoms with Crippen molar-refractivity contribution in [1.29, 1.82) is 0 Å². The molecule has 1 aliphatic heterocycles. The fourth-order valence-electron chi connectivity index (χ4n) is 4.23. The van der Waals surface area contributed by atoms with Crippen LogP contribution in [-0.4, -0.2) is 35.5 Å². The first-order valence-electron chi connectivity index (χ1n) is 11.8. The van der Waals surface area contributed by atoms with E-state index in [0.29, 0.717) is 44.9 Å². The van der Waals surface area contributed by atoms with Gasteiger partial charge in [0.15, 0.2) is 5.13 Å². The Morgan fingerprint density at radius 3 is 2.45 bits per heavy atom. The van der Waals surface area contributed by atoms with Crippen molar-refractivity contribution in [2.45, 2.75) is 19.4 Å². The third-order valence-electron chi connectivity index (χ3n) is 6.09. The van der Waals surface area contributed by atoms with Crippen LogP contribution >= 0.6 is 34.5 Å². The molecule has 1 amide bonds. The second kappa shape index (κ2) is 10.6. The third-order valence-corrected chi connectivity index (χ3v) is 7.85. The molecule has 2 heterocycles. The van der Waals surface area contributed by atoms with Crippen LogP contribution < -0.4 is 14.4 Å². The number of benzene rings is 3. The van der Waals surface area contributed by atoms with Gasteiger partial charge in [0.2, 0.25) is 0 Å². The number of anilines is 1. The SMILES string of the molecule is CCCOc1ccc(C(O)=C2C(=O)C(=O)N(c3nc4ccc(OC)cc4s3)C2c2ccc(Cl)c(Cl)c2)cc1. The van der Waals surface area contributed by atoms with E-state index < -0.39 is 17.7 Å². The minimum Gasteiger partial charge on any atom is -0.507 e. The highest BCUT2D eigenvalue weighted by atomic mass is 35.5. The highest BCUT2D eigenvalue weighted by Gasteiger charge is 2.48. The lowest BCUT2D eigenvalue weighted by molar-refractivity contribution is -0.132. The Labute approximate surface area is 232 Å². The van der Waals surface area contributed by atoms with Gasteiger partial charge < -0.3 is 14.6 Å². The van der Waals surface area contributed by atoms with Crippen molar-refractivity contribution in [3.05, 3.63) is 87.4 Å². The molecule has 1 fully saturated rings. The Morgan fingerprint density at radius 2 is 1.76 bits per heavy atom. The fraction of sp³-hybridized carbons (Fsp3) is 0.179. The van der Waals surface area contributed by atoms with E-state index in [4.69, 9.17) is 32.7 Å². The van der Waals surface area contributed by atoms with Gasteiger partial charge in [-0.3, -0.25) is 14.5 Å². The van der Waals surface area contributed by atoms with Crippen LogP contribution in [0.4, 0.5) is 5.13 Å². The molecule has 1 saturated heterocycles. The first kappa shape index (κ1) is 26.0. The zero-order valence-electron chi connectivity index (χ0n) is 20.4. The van der Waals surface area contributed by atoms with E-state index in [-0.39, 0.29) is 16.4 Å². The topological polar surface area (TPSA) is 89.0 Å². The van der Waals surface area contributed by atoms with E-state index in [1.807, 2.05) is 13.0 Å². The maximum Gasteiger partial charge on any atom is 0.301 e. The summed E-state index contributed by atoms with van der Waals surface area (Å²) in [5.41, 5.74) is 1.43. The second-order valence-electron chi connectivity index (χ2n) is 8.55. The van der Waals surface area contributed by atoms with Crippen LogP contribution in [-0.2, 0) is 9.59 Å². The van der Waals surface area contributed by atoms with Gasteiger partial charge in [0.25, 0.3) is 5.78 Å². The van der Waals surface area contributed by atoms with E-state index in [9.17, 15) is 14.7 Å². The molecule has 0 bridgehead atoms. The Kier molecular flexibility index (Phi) is 7.29. The van der Waals surface area contributed by atoms with E-state index >= 15 is 0 Å². The molecule has 4 aromatic rings. The van der Waals surface area contributed by atoms with E-state index in [1.165, 1.54) is 16.2 Å². The van der Waals surface area contributed by atoms with E-state index in [0.717, 1.165) is 11.1 Å². The van der Waals surface area contributed by atoms with Crippen molar-refractivity contribution in [2.75, 3.05) is 18.6 Å². The molecule has 0 spiro atoms. The van der Waals surface area contributed by atoms with Gasteiger partial charge in [0, 0.05) is 5.56 Å². The highest BCUT2D eigenvalue weighted by Crippen LogP contribution is 2.45. The predicted octanol–water partition coefficient (Wildman–Crippen LogP) is 7.03. The summed E-state index contributed by atoms with van der Waals surface area (Å²) in [4.78, 5) is 32.8. The molecular weight excluding hydrogens is 547 g/mol. The summed E-state index contributed by atoms with van der Waals surface area (Å²) >= 11 is 13.7. The van der Waals surface area contributed by atoms with Crippen LogP contribution in [0, 0.1) is 0 Å². The molecule has 1 N–H and O–H groups in total. The average Bonchev–Trinajstić information content (AvgIpc) is 3.46. The first-order valence-corrected chi connectivity index (χ1v) is 13.3. The number of aromatic nitrogens is 1. The number of Topliss-reactive ketones (excluding diaryl/α,β-unsaturated/α-hetero) is 1. The number of hydrogen-bond acceptors (Lipinski definition) is 7. The molecule has 1 aliphatic rings. The molecule has 1 atom stereocenters. The van der Waals surface area contributed by atoms with Crippen LogP contribution in [0.5, 0.6) is 11.5 Å². The van der Waals surface area contributed by atoms with E-state index in [1.54, 1.807) is 61.7 Å². The molecule has 0 radical (unpaired) electrons. The number of carbonyl (C=O) groups is 2. The van der Waals surface area contributed by atoms with Gasteiger partial charge >= 0.3 is 5.91 Å². The number of halogens is 2. The Hall–Kier alpha value is -3.59. The lowest BCUT2D eigenvalue weighted by atomic mass is 9.95. The van der Waals surface area contributed by atoms with Gasteiger partial charge in [-0.2, -0.15) is 0 Å². The molecular formula is C28H22Cl2N2O5S. The number of aliphatic hydroxyl groups is 1. The van der Waals surface area contributed by atoms with Crippen molar-refractivity contribution in [1.82, 2.24) is 4.98 Å². The number of ether oxygens (including phenoxy) is 2. The van der Waals surface area contributed by atoms with Gasteiger partial charge in [-0.1, -0.05) is 47.5 Å². The number of hydrogen-bond donors (Lipinski definition) is 1. The summed E-state index contributed by atoms with van der Waals surface area (Å²) in [6.45, 7) is 2.56. The summed E-state index contributed by atoms with van der Waals surface area (Å²) in [5.74, 6) is -0.679. The largest absolute Gasteiger partial charge is 0.507 e. The summed E-state index contributed by atoms with van der Waals surface area (Å²) in [5, 5.41) is 12.2. The van der Waals surface area contributed by atoms with Crippen LogP contribution in [0.25, 0.3) is 16.0 Å². The Bertz CT molecular complexity index is 1580. The number of nitrogens with zero attached hydrogens (tertiary/aromatic N) is 2. The normalized spacial score (nSPS) is 16.8. The molecule has 5 rings (SSSR count). The smallest absolute Gasteiger partial charge is 0.301 e. The van der Waals surface area contributed by atoms with Crippen LogP contribution in [0.15, 0.2) is 66.2 Å². The maximum absolute atomic E-state index is 13.5. The highest BCUT2D eigenvalue weighted by molar-refractivity contribution is 7.22. The summed E-state index contributed by atoms with van der Waals surface area (Å²) in [6, 6.07) is 15.9. The number of methoxy groups -OCH3 is 1. The number of rotatable bonds is 7.